The Morgan fingerprint density at radius 2 is 2.08 bits per heavy atom. The number of rotatable bonds is 5. The van der Waals surface area contributed by atoms with Crippen molar-refractivity contribution in [1.82, 2.24) is 5.32 Å². The molecular formula is C19H22N2O3. The van der Waals surface area contributed by atoms with E-state index < -0.39 is 0 Å². The van der Waals surface area contributed by atoms with Crippen molar-refractivity contribution in [2.45, 2.75) is 32.5 Å². The molecule has 0 radical (unpaired) electrons. The predicted molar refractivity (Wildman–Crippen MR) is 92.3 cm³/mol. The predicted octanol–water partition coefficient (Wildman–Crippen LogP) is 2.41. The van der Waals surface area contributed by atoms with Crippen molar-refractivity contribution in [2.24, 2.45) is 5.73 Å². The summed E-state index contributed by atoms with van der Waals surface area (Å²) in [7, 11) is 1.64. The Kier molecular flexibility index (Phi) is 4.71. The Bertz CT molecular complexity index is 741. The van der Waals surface area contributed by atoms with Crippen LogP contribution in [0.2, 0.25) is 0 Å². The smallest absolute Gasteiger partial charge is 0.251 e. The maximum atomic E-state index is 12.3. The van der Waals surface area contributed by atoms with E-state index in [4.69, 9.17) is 15.2 Å². The summed E-state index contributed by atoms with van der Waals surface area (Å²) in [5, 5.41) is 2.92. The highest BCUT2D eigenvalue weighted by Gasteiger charge is 2.21. The fourth-order valence-electron chi connectivity index (χ4n) is 2.88. The molecule has 5 nitrogen and oxygen atoms in total. The van der Waals surface area contributed by atoms with Crippen LogP contribution in [0.3, 0.4) is 0 Å². The number of methoxy groups -OCH3 is 1. The maximum absolute atomic E-state index is 12.3. The number of nitrogens with two attached hydrogens (primary N) is 1. The van der Waals surface area contributed by atoms with E-state index in [-0.39, 0.29) is 12.0 Å². The summed E-state index contributed by atoms with van der Waals surface area (Å²) < 4.78 is 11.2. The van der Waals surface area contributed by atoms with Crippen LogP contribution in [0.5, 0.6) is 11.5 Å². The molecule has 1 aliphatic heterocycles. The van der Waals surface area contributed by atoms with Crippen molar-refractivity contribution in [2.75, 3.05) is 7.11 Å². The summed E-state index contributed by atoms with van der Waals surface area (Å²) in [6.45, 7) is 2.89. The number of hydrogen-bond acceptors (Lipinski definition) is 4. The molecule has 0 saturated heterocycles. The number of fused-ring (bicyclic) bond motifs is 1. The highest BCUT2D eigenvalue weighted by atomic mass is 16.5. The topological polar surface area (TPSA) is 73.6 Å². The number of amides is 1. The molecule has 1 amide bonds. The number of benzene rings is 2. The molecule has 0 aromatic heterocycles. The lowest BCUT2D eigenvalue weighted by Gasteiger charge is -2.12. The zero-order valence-electron chi connectivity index (χ0n) is 14.0. The van der Waals surface area contributed by atoms with Crippen molar-refractivity contribution < 1.29 is 14.3 Å². The third kappa shape index (κ3) is 3.36. The average molecular weight is 326 g/mol. The highest BCUT2D eigenvalue weighted by Crippen LogP contribution is 2.34. The Hall–Kier alpha value is -2.53. The summed E-state index contributed by atoms with van der Waals surface area (Å²) in [5.41, 5.74) is 9.22. The number of carbonyl (C=O) groups excluding carboxylic acids is 1. The van der Waals surface area contributed by atoms with Gasteiger partial charge in [-0.1, -0.05) is 12.1 Å². The molecule has 1 unspecified atom stereocenters. The van der Waals surface area contributed by atoms with Gasteiger partial charge < -0.3 is 20.5 Å². The van der Waals surface area contributed by atoms with E-state index in [1.54, 1.807) is 19.2 Å². The second-order valence-electron chi connectivity index (χ2n) is 5.99. The maximum Gasteiger partial charge on any atom is 0.251 e. The zero-order chi connectivity index (χ0) is 17.1. The van der Waals surface area contributed by atoms with Crippen LogP contribution in [0, 0.1) is 0 Å². The van der Waals surface area contributed by atoms with Gasteiger partial charge in [0.1, 0.15) is 17.6 Å². The lowest BCUT2D eigenvalue weighted by molar-refractivity contribution is 0.0950. The third-order valence-electron chi connectivity index (χ3n) is 4.19. The molecule has 5 heteroatoms. The van der Waals surface area contributed by atoms with Crippen LogP contribution < -0.4 is 20.5 Å². The molecule has 3 N–H and O–H groups in total. The van der Waals surface area contributed by atoms with E-state index in [2.05, 4.69) is 5.32 Å². The van der Waals surface area contributed by atoms with Crippen LogP contribution in [-0.4, -0.2) is 19.1 Å². The second kappa shape index (κ2) is 6.93. The quantitative estimate of drug-likeness (QED) is 0.885. The lowest BCUT2D eigenvalue weighted by atomic mass is 10.1. The molecule has 2 aromatic carbocycles. The minimum atomic E-state index is -0.129. The summed E-state index contributed by atoms with van der Waals surface area (Å²) in [6.07, 6.45) is 1.06. The van der Waals surface area contributed by atoms with Gasteiger partial charge in [0, 0.05) is 36.2 Å². The molecule has 2 aromatic rings. The van der Waals surface area contributed by atoms with Gasteiger partial charge in [0.2, 0.25) is 0 Å². The summed E-state index contributed by atoms with van der Waals surface area (Å²) in [6, 6.07) is 11.2. The van der Waals surface area contributed by atoms with Gasteiger partial charge in [0.25, 0.3) is 5.91 Å². The molecule has 0 bridgehead atoms. The summed E-state index contributed by atoms with van der Waals surface area (Å²) in [4.78, 5) is 12.3. The van der Waals surface area contributed by atoms with Gasteiger partial charge in [-0.05, 0) is 36.8 Å². The standard InChI is InChI=1S/C19H22N2O3/c1-12-7-15-8-17(23-2)16(9-18(15)24-12)11-21-19(22)14-5-3-13(10-20)4-6-14/h3-6,8-9,12H,7,10-11,20H2,1-2H3,(H,21,22). The van der Waals surface area contributed by atoms with Crippen molar-refractivity contribution >= 4 is 5.91 Å². The molecule has 0 saturated carbocycles. The molecule has 0 spiro atoms. The van der Waals surface area contributed by atoms with E-state index in [9.17, 15) is 4.79 Å². The van der Waals surface area contributed by atoms with Gasteiger partial charge in [-0.2, -0.15) is 0 Å². The minimum absolute atomic E-state index is 0.129. The Morgan fingerprint density at radius 1 is 1.33 bits per heavy atom. The van der Waals surface area contributed by atoms with E-state index in [0.717, 1.165) is 34.6 Å². The first kappa shape index (κ1) is 16.3. The molecular weight excluding hydrogens is 304 g/mol. The van der Waals surface area contributed by atoms with Crippen LogP contribution in [0.25, 0.3) is 0 Å². The third-order valence-corrected chi connectivity index (χ3v) is 4.19. The molecule has 24 heavy (non-hydrogen) atoms. The van der Waals surface area contributed by atoms with Gasteiger partial charge in [-0.15, -0.1) is 0 Å². The van der Waals surface area contributed by atoms with Crippen LogP contribution in [0.1, 0.15) is 34.0 Å². The highest BCUT2D eigenvalue weighted by molar-refractivity contribution is 5.94. The number of carbonyl (C=O) groups is 1. The number of nitrogens with one attached hydrogen (secondary N) is 1. The SMILES string of the molecule is COc1cc2c(cc1CNC(=O)c1ccc(CN)cc1)OC(C)C2. The van der Waals surface area contributed by atoms with Crippen molar-refractivity contribution in [3.05, 3.63) is 58.7 Å². The van der Waals surface area contributed by atoms with E-state index in [1.807, 2.05) is 31.2 Å². The zero-order valence-corrected chi connectivity index (χ0v) is 14.0. The van der Waals surface area contributed by atoms with Gasteiger partial charge in [-0.3, -0.25) is 4.79 Å². The molecule has 1 aliphatic rings. The van der Waals surface area contributed by atoms with Gasteiger partial charge in [0.15, 0.2) is 0 Å². The van der Waals surface area contributed by atoms with E-state index in [0.29, 0.717) is 18.7 Å². The molecule has 1 atom stereocenters. The van der Waals surface area contributed by atoms with Crippen LogP contribution in [-0.2, 0) is 19.5 Å². The van der Waals surface area contributed by atoms with Crippen molar-refractivity contribution in [3.8, 4) is 11.5 Å². The molecule has 3 rings (SSSR count). The Morgan fingerprint density at radius 3 is 2.75 bits per heavy atom. The van der Waals surface area contributed by atoms with Crippen LogP contribution >= 0.6 is 0 Å². The molecule has 126 valence electrons. The molecule has 1 heterocycles. The first-order chi connectivity index (χ1) is 11.6. The van der Waals surface area contributed by atoms with E-state index >= 15 is 0 Å². The van der Waals surface area contributed by atoms with Gasteiger partial charge in [0.05, 0.1) is 7.11 Å². The molecule has 0 fully saturated rings. The summed E-state index contributed by atoms with van der Waals surface area (Å²) >= 11 is 0. The van der Waals surface area contributed by atoms with Crippen LogP contribution in [0.15, 0.2) is 36.4 Å². The fourth-order valence-corrected chi connectivity index (χ4v) is 2.88. The average Bonchev–Trinajstić information content (AvgIpc) is 2.97. The Balaban J connectivity index is 1.71. The normalized spacial score (nSPS) is 15.5. The summed E-state index contributed by atoms with van der Waals surface area (Å²) in [5.74, 6) is 1.51. The monoisotopic (exact) mass is 326 g/mol. The van der Waals surface area contributed by atoms with Gasteiger partial charge in [-0.25, -0.2) is 0 Å². The van der Waals surface area contributed by atoms with Crippen molar-refractivity contribution in [1.29, 1.82) is 0 Å². The van der Waals surface area contributed by atoms with E-state index in [1.165, 1.54) is 0 Å². The first-order valence-electron chi connectivity index (χ1n) is 8.04. The second-order valence-corrected chi connectivity index (χ2v) is 5.99. The van der Waals surface area contributed by atoms with Gasteiger partial charge >= 0.3 is 0 Å². The lowest BCUT2D eigenvalue weighted by Crippen LogP contribution is -2.23. The molecule has 0 aliphatic carbocycles. The fraction of sp³-hybridized carbons (Fsp3) is 0.316. The largest absolute Gasteiger partial charge is 0.496 e. The van der Waals surface area contributed by atoms with Crippen molar-refractivity contribution in [3.63, 3.8) is 0 Å². The van der Waals surface area contributed by atoms with Crippen LogP contribution in [0.4, 0.5) is 0 Å². The number of hydrogen-bond donors (Lipinski definition) is 2. The minimum Gasteiger partial charge on any atom is -0.496 e. The Labute approximate surface area is 141 Å². The number of ether oxygens (including phenoxy) is 2. The first-order valence-corrected chi connectivity index (χ1v) is 8.04.